The third-order valence-electron chi connectivity index (χ3n) is 2.51. The van der Waals surface area contributed by atoms with Gasteiger partial charge in [0.15, 0.2) is 0 Å². The Morgan fingerprint density at radius 3 is 2.67 bits per heavy atom. The van der Waals surface area contributed by atoms with Gasteiger partial charge in [0, 0.05) is 12.8 Å². The normalized spacial score (nSPS) is 23.9. The molecule has 1 heterocycles. The minimum Gasteiger partial charge on any atom is -0.411 e. The Bertz CT molecular complexity index is 387. The predicted octanol–water partition coefficient (Wildman–Crippen LogP) is 1.47. The van der Waals surface area contributed by atoms with Crippen LogP contribution in [-0.2, 0) is 4.79 Å². The molecule has 78 valence electrons. The van der Waals surface area contributed by atoms with Crippen molar-refractivity contribution in [3.05, 3.63) is 35.9 Å². The van der Waals surface area contributed by atoms with E-state index in [9.17, 15) is 4.79 Å². The van der Waals surface area contributed by atoms with Gasteiger partial charge in [0.25, 0.3) is 0 Å². The van der Waals surface area contributed by atoms with Crippen LogP contribution in [-0.4, -0.2) is 16.8 Å². The number of hydrogen-bond donors (Lipinski definition) is 2. The van der Waals surface area contributed by atoms with Gasteiger partial charge in [0.05, 0.1) is 11.8 Å². The lowest BCUT2D eigenvalue weighted by Crippen LogP contribution is -2.38. The molecule has 2 N–H and O–H groups in total. The Labute approximate surface area is 87.6 Å². The van der Waals surface area contributed by atoms with E-state index in [-0.39, 0.29) is 11.9 Å². The first-order valence-corrected chi connectivity index (χ1v) is 4.86. The zero-order chi connectivity index (χ0) is 10.7. The summed E-state index contributed by atoms with van der Waals surface area (Å²) in [5.74, 6) is -0.00347. The predicted molar refractivity (Wildman–Crippen MR) is 55.8 cm³/mol. The second-order valence-electron chi connectivity index (χ2n) is 3.50. The van der Waals surface area contributed by atoms with Crippen LogP contribution < -0.4 is 5.32 Å². The van der Waals surface area contributed by atoms with Gasteiger partial charge in [0.2, 0.25) is 5.91 Å². The number of carbonyl (C=O) groups is 1. The first-order valence-electron chi connectivity index (χ1n) is 4.86. The Morgan fingerprint density at radius 1 is 1.27 bits per heavy atom. The van der Waals surface area contributed by atoms with E-state index < -0.39 is 0 Å². The lowest BCUT2D eigenvalue weighted by Gasteiger charge is -2.24. The fourth-order valence-corrected chi connectivity index (χ4v) is 1.73. The Hall–Kier alpha value is -1.84. The largest absolute Gasteiger partial charge is 0.411 e. The maximum absolute atomic E-state index is 11.3. The zero-order valence-electron chi connectivity index (χ0n) is 8.18. The Kier molecular flexibility index (Phi) is 2.67. The highest BCUT2D eigenvalue weighted by Crippen LogP contribution is 2.20. The number of piperidine rings is 1. The van der Waals surface area contributed by atoms with Gasteiger partial charge in [-0.3, -0.25) is 4.79 Å². The van der Waals surface area contributed by atoms with Crippen LogP contribution in [0.5, 0.6) is 0 Å². The summed E-state index contributed by atoms with van der Waals surface area (Å²) in [6.07, 6.45) is 0.907. The Morgan fingerprint density at radius 2 is 2.00 bits per heavy atom. The van der Waals surface area contributed by atoms with E-state index in [1.54, 1.807) is 0 Å². The number of carbonyl (C=O) groups excluding carboxylic acids is 1. The van der Waals surface area contributed by atoms with E-state index in [4.69, 9.17) is 5.21 Å². The smallest absolute Gasteiger partial charge is 0.221 e. The number of benzene rings is 1. The number of hydrogen-bond acceptors (Lipinski definition) is 3. The van der Waals surface area contributed by atoms with Gasteiger partial charge < -0.3 is 10.5 Å². The van der Waals surface area contributed by atoms with Gasteiger partial charge in [-0.25, -0.2) is 0 Å². The van der Waals surface area contributed by atoms with Crippen LogP contribution in [0.4, 0.5) is 0 Å². The summed E-state index contributed by atoms with van der Waals surface area (Å²) in [7, 11) is 0. The molecule has 1 fully saturated rings. The molecule has 0 radical (unpaired) electrons. The standard InChI is InChI=1S/C11H12N2O2/c14-10-7-6-9(13-15)11(12-10)8-4-2-1-3-5-8/h1-5,11,15H,6-7H2,(H,12,14)/b13-9-. The van der Waals surface area contributed by atoms with Crippen LogP contribution in [0.15, 0.2) is 35.5 Å². The average Bonchev–Trinajstić information content (AvgIpc) is 2.30. The van der Waals surface area contributed by atoms with Crippen molar-refractivity contribution in [2.45, 2.75) is 18.9 Å². The molecule has 1 unspecified atom stereocenters. The molecule has 0 spiro atoms. The van der Waals surface area contributed by atoms with Crippen LogP contribution in [0.2, 0.25) is 0 Å². The number of amides is 1. The lowest BCUT2D eigenvalue weighted by atomic mass is 9.95. The molecule has 0 aliphatic carbocycles. The van der Waals surface area contributed by atoms with Gasteiger partial charge in [-0.05, 0) is 5.56 Å². The minimum absolute atomic E-state index is 0.00347. The van der Waals surface area contributed by atoms with Crippen molar-refractivity contribution in [3.63, 3.8) is 0 Å². The van der Waals surface area contributed by atoms with E-state index >= 15 is 0 Å². The van der Waals surface area contributed by atoms with E-state index in [1.807, 2.05) is 30.3 Å². The van der Waals surface area contributed by atoms with Crippen LogP contribution in [0.3, 0.4) is 0 Å². The summed E-state index contributed by atoms with van der Waals surface area (Å²) >= 11 is 0. The van der Waals surface area contributed by atoms with E-state index in [1.165, 1.54) is 0 Å². The fourth-order valence-electron chi connectivity index (χ4n) is 1.73. The van der Waals surface area contributed by atoms with Gasteiger partial charge in [-0.15, -0.1) is 0 Å². The zero-order valence-corrected chi connectivity index (χ0v) is 8.18. The van der Waals surface area contributed by atoms with E-state index in [2.05, 4.69) is 10.5 Å². The second-order valence-corrected chi connectivity index (χ2v) is 3.50. The van der Waals surface area contributed by atoms with Crippen molar-refractivity contribution >= 4 is 11.6 Å². The molecule has 1 aliphatic heterocycles. The van der Waals surface area contributed by atoms with Gasteiger partial charge in [0.1, 0.15) is 0 Å². The molecule has 4 nitrogen and oxygen atoms in total. The molecule has 1 aromatic carbocycles. The Balaban J connectivity index is 2.29. The summed E-state index contributed by atoms with van der Waals surface area (Å²) < 4.78 is 0. The fraction of sp³-hybridized carbons (Fsp3) is 0.273. The van der Waals surface area contributed by atoms with Gasteiger partial charge in [-0.1, -0.05) is 35.5 Å². The topological polar surface area (TPSA) is 61.7 Å². The molecule has 1 amide bonds. The molecule has 2 rings (SSSR count). The highest BCUT2D eigenvalue weighted by atomic mass is 16.4. The SMILES string of the molecule is O=C1CC/C(=N/O)C(c2ccccc2)N1. The molecule has 0 bridgehead atoms. The van der Waals surface area contributed by atoms with E-state index in [0.717, 1.165) is 5.56 Å². The quantitative estimate of drug-likeness (QED) is 0.537. The van der Waals surface area contributed by atoms with E-state index in [0.29, 0.717) is 18.6 Å². The maximum atomic E-state index is 11.3. The van der Waals surface area contributed by atoms with Crippen LogP contribution in [0.1, 0.15) is 24.4 Å². The third-order valence-corrected chi connectivity index (χ3v) is 2.51. The van der Waals surface area contributed by atoms with Crippen molar-refractivity contribution in [1.82, 2.24) is 5.32 Å². The molecular weight excluding hydrogens is 192 g/mol. The molecular formula is C11H12N2O2. The first kappa shape index (κ1) is 9.71. The summed E-state index contributed by atoms with van der Waals surface area (Å²) in [5.41, 5.74) is 1.55. The molecule has 4 heteroatoms. The molecule has 1 aliphatic rings. The molecule has 1 atom stereocenters. The summed E-state index contributed by atoms with van der Waals surface area (Å²) in [6.45, 7) is 0. The summed E-state index contributed by atoms with van der Waals surface area (Å²) in [5, 5.41) is 14.9. The second kappa shape index (κ2) is 4.13. The minimum atomic E-state index is -0.280. The van der Waals surface area contributed by atoms with Crippen molar-refractivity contribution < 1.29 is 10.0 Å². The molecule has 1 aromatic rings. The number of nitrogens with zero attached hydrogens (tertiary/aromatic N) is 1. The number of nitrogens with one attached hydrogen (secondary N) is 1. The highest BCUT2D eigenvalue weighted by Gasteiger charge is 2.26. The summed E-state index contributed by atoms with van der Waals surface area (Å²) in [6, 6.07) is 9.22. The molecule has 0 aromatic heterocycles. The first-order chi connectivity index (χ1) is 7.31. The van der Waals surface area contributed by atoms with Crippen LogP contribution in [0, 0.1) is 0 Å². The van der Waals surface area contributed by atoms with Crippen molar-refractivity contribution in [1.29, 1.82) is 0 Å². The van der Waals surface area contributed by atoms with Gasteiger partial charge in [-0.2, -0.15) is 0 Å². The monoisotopic (exact) mass is 204 g/mol. The molecule has 1 saturated heterocycles. The lowest BCUT2D eigenvalue weighted by molar-refractivity contribution is -0.121. The third kappa shape index (κ3) is 1.98. The molecule has 0 saturated carbocycles. The van der Waals surface area contributed by atoms with Crippen molar-refractivity contribution in [2.75, 3.05) is 0 Å². The summed E-state index contributed by atoms with van der Waals surface area (Å²) in [4.78, 5) is 11.3. The van der Waals surface area contributed by atoms with Crippen LogP contribution in [0.25, 0.3) is 0 Å². The van der Waals surface area contributed by atoms with Crippen molar-refractivity contribution in [2.24, 2.45) is 5.16 Å². The van der Waals surface area contributed by atoms with Gasteiger partial charge >= 0.3 is 0 Å². The highest BCUT2D eigenvalue weighted by molar-refractivity contribution is 5.98. The number of rotatable bonds is 1. The maximum Gasteiger partial charge on any atom is 0.221 e. The average molecular weight is 204 g/mol. The van der Waals surface area contributed by atoms with Crippen LogP contribution >= 0.6 is 0 Å². The molecule has 15 heavy (non-hydrogen) atoms. The van der Waals surface area contributed by atoms with Crippen molar-refractivity contribution in [3.8, 4) is 0 Å². The number of oxime groups is 1.